The first-order valence-electron chi connectivity index (χ1n) is 8.04. The number of hydrogen-bond donors (Lipinski definition) is 4. The Kier molecular flexibility index (Phi) is 11.1. The van der Waals surface area contributed by atoms with Crippen LogP contribution in [0.4, 0.5) is 0 Å². The van der Waals surface area contributed by atoms with E-state index in [0.29, 0.717) is 0 Å². The predicted molar refractivity (Wildman–Crippen MR) is 119 cm³/mol. The van der Waals surface area contributed by atoms with E-state index in [0.717, 1.165) is 41.7 Å². The van der Waals surface area contributed by atoms with Crippen LogP contribution in [0.1, 0.15) is 13.8 Å². The van der Waals surface area contributed by atoms with Crippen LogP contribution in [0.3, 0.4) is 0 Å². The Morgan fingerprint density at radius 1 is 0.963 bits per heavy atom. The molecule has 0 aliphatic carbocycles. The molecule has 0 aromatic rings. The SMILES string of the molecule is CNC1=NN=C(C)C2=CC=CC3C(C)=NN=C(NC)[S][Sn]([S]1)[N]23.CO.CO. The molecule has 9 nitrogen and oxygen atoms in total. The standard InChI is InChI=1S/C13H20N7S2.2CH4O.Sn/c1-8(17-19-12(21)14-3)10-6-5-7-11(16-10)9(2)18-20-13(22)15-4;2*1-2;/h5-7,10H,1-4H3,(H2,14,19,21)(H2,15,20,22);2*2H,1H3;/q-1;;;+3/p-2. The van der Waals surface area contributed by atoms with Crippen molar-refractivity contribution in [2.45, 2.75) is 19.9 Å². The molecule has 3 aliphatic rings. The molecule has 0 aromatic carbocycles. The molecule has 3 rings (SSSR count). The molecule has 27 heavy (non-hydrogen) atoms. The summed E-state index contributed by atoms with van der Waals surface area (Å²) in [4.78, 5) is 0. The molecule has 149 valence electrons. The first kappa shape index (κ1) is 24.0. The van der Waals surface area contributed by atoms with E-state index in [2.05, 4.69) is 52.4 Å². The maximum Gasteiger partial charge on any atom is 0.0319 e. The zero-order chi connectivity index (χ0) is 20.4. The van der Waals surface area contributed by atoms with Crippen LogP contribution in [-0.4, -0.2) is 86.7 Å². The quantitative estimate of drug-likeness (QED) is 0.349. The second-order valence-electron chi connectivity index (χ2n) is 4.96. The summed E-state index contributed by atoms with van der Waals surface area (Å²) >= 11 is -2.28. The molecule has 0 amide bonds. The minimum absolute atomic E-state index is 0.146. The second kappa shape index (κ2) is 12.4. The van der Waals surface area contributed by atoms with E-state index in [1.807, 2.05) is 45.8 Å². The topological polar surface area (TPSA) is 117 Å². The van der Waals surface area contributed by atoms with Gasteiger partial charge in [-0.15, -0.1) is 0 Å². The van der Waals surface area contributed by atoms with Crippen LogP contribution in [0.15, 0.2) is 44.3 Å². The molecule has 1 unspecified atom stereocenters. The molecule has 0 spiro atoms. The van der Waals surface area contributed by atoms with Gasteiger partial charge in [-0.25, -0.2) is 0 Å². The molecule has 3 heterocycles. The van der Waals surface area contributed by atoms with Gasteiger partial charge in [0.15, 0.2) is 0 Å². The van der Waals surface area contributed by atoms with Crippen LogP contribution in [0, 0.1) is 0 Å². The minimum Gasteiger partial charge on any atom is -0.400 e. The number of nitrogens with one attached hydrogen (secondary N) is 2. The van der Waals surface area contributed by atoms with Gasteiger partial charge in [-0.1, -0.05) is 0 Å². The third kappa shape index (κ3) is 5.98. The largest absolute Gasteiger partial charge is 0.400 e. The van der Waals surface area contributed by atoms with E-state index in [9.17, 15) is 0 Å². The van der Waals surface area contributed by atoms with Gasteiger partial charge in [0.1, 0.15) is 0 Å². The zero-order valence-corrected chi connectivity index (χ0v) is 20.7. The van der Waals surface area contributed by atoms with Crippen molar-refractivity contribution in [3.8, 4) is 0 Å². The fraction of sp³-hybridized carbons (Fsp3) is 0.467. The Hall–Kier alpha value is -1.02. The summed E-state index contributed by atoms with van der Waals surface area (Å²) in [5.41, 5.74) is 3.08. The van der Waals surface area contributed by atoms with Crippen LogP contribution in [0.25, 0.3) is 0 Å². The zero-order valence-electron chi connectivity index (χ0n) is 16.3. The number of allylic oxidation sites excluding steroid dienone is 3. The van der Waals surface area contributed by atoms with Crippen molar-refractivity contribution in [1.82, 2.24) is 13.8 Å². The van der Waals surface area contributed by atoms with E-state index in [1.54, 1.807) is 0 Å². The Morgan fingerprint density at radius 3 is 2.07 bits per heavy atom. The van der Waals surface area contributed by atoms with Gasteiger partial charge >= 0.3 is 149 Å². The Labute approximate surface area is 172 Å². The molecule has 0 bridgehead atoms. The summed E-state index contributed by atoms with van der Waals surface area (Å²) < 4.78 is 2.52. The van der Waals surface area contributed by atoms with Gasteiger partial charge in [0.05, 0.1) is 0 Å². The fourth-order valence-electron chi connectivity index (χ4n) is 2.28. The Morgan fingerprint density at radius 2 is 1.52 bits per heavy atom. The van der Waals surface area contributed by atoms with Gasteiger partial charge in [-0.05, 0) is 0 Å². The van der Waals surface area contributed by atoms with Gasteiger partial charge in [0.25, 0.3) is 0 Å². The molecular weight excluding hydrogens is 493 g/mol. The van der Waals surface area contributed by atoms with Crippen LogP contribution >= 0.6 is 17.9 Å². The maximum atomic E-state index is 7.00. The van der Waals surface area contributed by atoms with Gasteiger partial charge in [-0.2, -0.15) is 0 Å². The van der Waals surface area contributed by atoms with Crippen LogP contribution in [0.2, 0.25) is 0 Å². The number of aliphatic hydroxyl groups excluding tert-OH is 2. The number of amidine groups is 2. The Bertz CT molecular complexity index is 690. The molecule has 0 aromatic heterocycles. The van der Waals surface area contributed by atoms with Crippen molar-refractivity contribution in [2.75, 3.05) is 28.3 Å². The maximum absolute atomic E-state index is 7.00. The summed E-state index contributed by atoms with van der Waals surface area (Å²) in [5, 5.41) is 39.6. The van der Waals surface area contributed by atoms with E-state index < -0.39 is 17.3 Å². The van der Waals surface area contributed by atoms with E-state index in [4.69, 9.17) is 10.2 Å². The van der Waals surface area contributed by atoms with Crippen LogP contribution in [0.5, 0.6) is 0 Å². The third-order valence-corrected chi connectivity index (χ3v) is 19.7. The van der Waals surface area contributed by atoms with Gasteiger partial charge in [0, 0.05) is 14.2 Å². The molecule has 4 N–H and O–H groups in total. The number of hydrogen-bond acceptors (Lipinski definition) is 11. The molecule has 1 atom stereocenters. The second-order valence-corrected chi connectivity index (χ2v) is 19.5. The molecule has 0 saturated heterocycles. The summed E-state index contributed by atoms with van der Waals surface area (Å²) in [7, 11) is 9.42. The first-order valence-corrected chi connectivity index (χ1v) is 17.9. The smallest absolute Gasteiger partial charge is 0.0319 e. The molecule has 0 fully saturated rings. The molecule has 3 aliphatic heterocycles. The summed E-state index contributed by atoms with van der Waals surface area (Å²) in [5.74, 6) is 0. The Balaban J connectivity index is 0.000000855. The van der Waals surface area contributed by atoms with Crippen molar-refractivity contribution in [1.29, 1.82) is 0 Å². The summed E-state index contributed by atoms with van der Waals surface area (Å²) in [6, 6.07) is 0.146. The van der Waals surface area contributed by atoms with E-state index >= 15 is 0 Å². The van der Waals surface area contributed by atoms with E-state index in [1.165, 1.54) is 0 Å². The molecule has 0 saturated carbocycles. The molecular formula is C15H26N7O2S2Sn. The van der Waals surface area contributed by atoms with Gasteiger partial charge in [0.2, 0.25) is 0 Å². The normalized spacial score (nSPS) is 21.4. The van der Waals surface area contributed by atoms with Crippen molar-refractivity contribution in [3.63, 3.8) is 0 Å². The molecule has 12 heteroatoms. The minimum atomic E-state index is -2.28. The van der Waals surface area contributed by atoms with Gasteiger partial charge < -0.3 is 10.2 Å². The van der Waals surface area contributed by atoms with Crippen molar-refractivity contribution < 1.29 is 10.2 Å². The van der Waals surface area contributed by atoms with Crippen molar-refractivity contribution in [2.24, 2.45) is 20.4 Å². The number of nitrogens with zero attached hydrogens (tertiary/aromatic N) is 5. The van der Waals surface area contributed by atoms with E-state index in [-0.39, 0.29) is 6.04 Å². The monoisotopic (exact) mass is 520 g/mol. The number of aliphatic hydroxyl groups is 2. The predicted octanol–water partition coefficient (Wildman–Crippen LogP) is 0.709. The van der Waals surface area contributed by atoms with Gasteiger partial charge in [-0.3, -0.25) is 0 Å². The van der Waals surface area contributed by atoms with Crippen LogP contribution < -0.4 is 10.6 Å². The van der Waals surface area contributed by atoms with Crippen LogP contribution in [-0.2, 0) is 0 Å². The first-order chi connectivity index (χ1) is 13.1. The van der Waals surface area contributed by atoms with Crippen molar-refractivity contribution >= 4 is 56.9 Å². The molecule has 1 radical (unpaired) electrons. The number of rotatable bonds is 0. The third-order valence-electron chi connectivity index (χ3n) is 3.47. The summed E-state index contributed by atoms with van der Waals surface area (Å²) in [6.45, 7) is 4.05. The van der Waals surface area contributed by atoms with Crippen molar-refractivity contribution in [3.05, 3.63) is 23.9 Å². The fourth-order valence-corrected chi connectivity index (χ4v) is 20.1. The average Bonchev–Trinajstić information content (AvgIpc) is 2.72. The average molecular weight is 519 g/mol. The summed E-state index contributed by atoms with van der Waals surface area (Å²) in [6.07, 6.45) is 6.40.